The molecule has 0 aliphatic carbocycles. The molecule has 0 unspecified atom stereocenters. The first-order valence-corrected chi connectivity index (χ1v) is 7.81. The summed E-state index contributed by atoms with van der Waals surface area (Å²) in [5.41, 5.74) is 0.944. The van der Waals surface area contributed by atoms with Gasteiger partial charge in [-0.25, -0.2) is 0 Å². The van der Waals surface area contributed by atoms with Gasteiger partial charge in [0.25, 0.3) is 11.8 Å². The summed E-state index contributed by atoms with van der Waals surface area (Å²) in [5.74, 6) is -0.920. The fraction of sp³-hybridized carbons (Fsp3) is 0.353. The van der Waals surface area contributed by atoms with Crippen molar-refractivity contribution in [2.75, 3.05) is 30.9 Å². The van der Waals surface area contributed by atoms with Crippen molar-refractivity contribution in [1.29, 1.82) is 0 Å². The third-order valence-corrected chi connectivity index (χ3v) is 3.61. The van der Waals surface area contributed by atoms with E-state index in [0.717, 1.165) is 11.0 Å². The van der Waals surface area contributed by atoms with Crippen molar-refractivity contribution < 1.29 is 24.2 Å². The zero-order chi connectivity index (χ0) is 18.6. The number of nitrogens with one attached hydrogen (secondary N) is 2. The topological polar surface area (TPSA) is 108 Å². The highest BCUT2D eigenvalue weighted by Crippen LogP contribution is 2.29. The average molecular weight is 347 g/mol. The Morgan fingerprint density at radius 3 is 2.60 bits per heavy atom. The lowest BCUT2D eigenvalue weighted by atomic mass is 10.2. The first-order valence-electron chi connectivity index (χ1n) is 7.81. The summed E-state index contributed by atoms with van der Waals surface area (Å²) >= 11 is 0. The number of hydrogen-bond acceptors (Lipinski definition) is 6. The molecule has 1 aliphatic rings. The first kappa shape index (κ1) is 18.5. The number of benzene rings is 1. The number of hydrogen-bond donors (Lipinski definition) is 3. The Morgan fingerprint density at radius 2 is 2.00 bits per heavy atom. The number of β-amino-alcohol motifs (C(OH)–C–C–N with tert-alkyl or cyclic N) is 1. The highest BCUT2D eigenvalue weighted by atomic mass is 16.5. The number of aliphatic hydroxyl groups excluding tert-OH is 1. The van der Waals surface area contributed by atoms with Crippen molar-refractivity contribution in [2.45, 2.75) is 13.8 Å². The lowest BCUT2D eigenvalue weighted by molar-refractivity contribution is -0.137. The highest BCUT2D eigenvalue weighted by Gasteiger charge is 2.31. The van der Waals surface area contributed by atoms with Crippen molar-refractivity contribution in [3.05, 3.63) is 30.0 Å². The minimum atomic E-state index is -0.539. The van der Waals surface area contributed by atoms with Crippen LogP contribution >= 0.6 is 0 Å². The second kappa shape index (κ2) is 7.80. The summed E-state index contributed by atoms with van der Waals surface area (Å²) in [5, 5.41) is 14.6. The Kier molecular flexibility index (Phi) is 5.76. The van der Waals surface area contributed by atoms with Crippen LogP contribution in [0.25, 0.3) is 0 Å². The van der Waals surface area contributed by atoms with E-state index in [1.165, 1.54) is 7.11 Å². The number of amides is 3. The minimum absolute atomic E-state index is 0.0618. The Labute approximate surface area is 145 Å². The summed E-state index contributed by atoms with van der Waals surface area (Å²) in [6.07, 6.45) is 1.16. The van der Waals surface area contributed by atoms with Gasteiger partial charge in [-0.3, -0.25) is 19.3 Å². The maximum Gasteiger partial charge on any atom is 0.277 e. The van der Waals surface area contributed by atoms with Gasteiger partial charge >= 0.3 is 0 Å². The van der Waals surface area contributed by atoms with Gasteiger partial charge in [0, 0.05) is 18.1 Å². The summed E-state index contributed by atoms with van der Waals surface area (Å²) < 4.78 is 5.17. The molecule has 0 spiro atoms. The normalized spacial score (nSPS) is 14.0. The lowest BCUT2D eigenvalue weighted by Crippen LogP contribution is -2.34. The smallest absolute Gasteiger partial charge is 0.277 e. The predicted molar refractivity (Wildman–Crippen MR) is 92.0 cm³/mol. The maximum atomic E-state index is 12.3. The molecule has 1 heterocycles. The Morgan fingerprint density at radius 1 is 1.28 bits per heavy atom. The number of ether oxygens (including phenoxy) is 1. The van der Waals surface area contributed by atoms with Crippen LogP contribution in [-0.4, -0.2) is 48.0 Å². The van der Waals surface area contributed by atoms with Crippen LogP contribution in [0, 0.1) is 5.92 Å². The monoisotopic (exact) mass is 347 g/mol. The molecule has 1 aliphatic heterocycles. The molecule has 0 bridgehead atoms. The molecule has 0 saturated carbocycles. The molecule has 1 aromatic carbocycles. The average Bonchev–Trinajstić information content (AvgIpc) is 2.84. The molecule has 3 amide bonds. The quantitative estimate of drug-likeness (QED) is 0.634. The van der Waals surface area contributed by atoms with Gasteiger partial charge in [0.15, 0.2) is 0 Å². The Bertz CT molecular complexity index is 727. The number of carbonyl (C=O) groups excluding carboxylic acids is 3. The first-order chi connectivity index (χ1) is 11.9. The van der Waals surface area contributed by atoms with Crippen molar-refractivity contribution in [3.63, 3.8) is 0 Å². The fourth-order valence-corrected chi connectivity index (χ4v) is 2.19. The Balaban J connectivity index is 2.28. The van der Waals surface area contributed by atoms with Crippen LogP contribution in [0.5, 0.6) is 5.75 Å². The molecule has 8 nitrogen and oxygen atoms in total. The van der Waals surface area contributed by atoms with E-state index >= 15 is 0 Å². The van der Waals surface area contributed by atoms with Gasteiger partial charge in [-0.2, -0.15) is 0 Å². The number of nitrogens with zero attached hydrogens (tertiary/aromatic N) is 1. The zero-order valence-electron chi connectivity index (χ0n) is 14.3. The maximum absolute atomic E-state index is 12.3. The molecule has 134 valence electrons. The molecule has 8 heteroatoms. The summed E-state index contributed by atoms with van der Waals surface area (Å²) in [7, 11) is 1.50. The third-order valence-electron chi connectivity index (χ3n) is 3.61. The van der Waals surface area contributed by atoms with Crippen molar-refractivity contribution in [2.24, 2.45) is 5.92 Å². The molecular weight excluding hydrogens is 326 g/mol. The molecule has 0 radical (unpaired) electrons. The van der Waals surface area contributed by atoms with E-state index in [0.29, 0.717) is 17.1 Å². The van der Waals surface area contributed by atoms with Gasteiger partial charge in [-0.05, 0) is 12.1 Å². The van der Waals surface area contributed by atoms with Crippen molar-refractivity contribution in [1.82, 2.24) is 4.90 Å². The Hall–Kier alpha value is -2.87. The number of carbonyl (C=O) groups is 3. The molecule has 2 rings (SSSR count). The van der Waals surface area contributed by atoms with E-state index < -0.39 is 11.8 Å². The van der Waals surface area contributed by atoms with Crippen LogP contribution in [0.15, 0.2) is 30.0 Å². The van der Waals surface area contributed by atoms with Gasteiger partial charge in [-0.15, -0.1) is 0 Å². The number of aliphatic hydroxyl groups is 1. The molecule has 3 N–H and O–H groups in total. The van der Waals surface area contributed by atoms with Crippen LogP contribution in [-0.2, 0) is 14.4 Å². The lowest BCUT2D eigenvalue weighted by Gasteiger charge is -2.17. The van der Waals surface area contributed by atoms with E-state index in [2.05, 4.69) is 10.6 Å². The number of methoxy groups -OCH3 is 1. The van der Waals surface area contributed by atoms with E-state index in [1.54, 1.807) is 32.0 Å². The van der Waals surface area contributed by atoms with Gasteiger partial charge in [0.05, 0.1) is 31.6 Å². The molecule has 0 atom stereocenters. The van der Waals surface area contributed by atoms with Crippen molar-refractivity contribution >= 4 is 29.1 Å². The highest BCUT2D eigenvalue weighted by molar-refractivity contribution is 6.17. The molecular formula is C17H21N3O5. The summed E-state index contributed by atoms with van der Waals surface area (Å²) in [4.78, 5) is 37.0. The molecule has 0 saturated heterocycles. The second-order valence-electron chi connectivity index (χ2n) is 5.76. The standard InChI is InChI=1S/C17H21N3O5/c1-10(2)16(23)19-12-5-4-11(25-3)8-13(12)18-14-9-15(22)20(6-7-21)17(14)24/h4-5,8-10,18,21H,6-7H2,1-3H3,(H,19,23). The van der Waals surface area contributed by atoms with Gasteiger partial charge in [0.2, 0.25) is 5.91 Å². The zero-order valence-corrected chi connectivity index (χ0v) is 14.3. The van der Waals surface area contributed by atoms with E-state index in [-0.39, 0.29) is 30.7 Å². The molecule has 0 fully saturated rings. The van der Waals surface area contributed by atoms with Crippen LogP contribution in [0.3, 0.4) is 0 Å². The van der Waals surface area contributed by atoms with E-state index in [4.69, 9.17) is 9.84 Å². The van der Waals surface area contributed by atoms with Gasteiger partial charge in [0.1, 0.15) is 11.4 Å². The van der Waals surface area contributed by atoms with E-state index in [9.17, 15) is 14.4 Å². The van der Waals surface area contributed by atoms with Crippen molar-refractivity contribution in [3.8, 4) is 5.75 Å². The number of anilines is 2. The number of imide groups is 1. The second-order valence-corrected chi connectivity index (χ2v) is 5.76. The van der Waals surface area contributed by atoms with Crippen LogP contribution in [0.1, 0.15) is 13.8 Å². The minimum Gasteiger partial charge on any atom is -0.497 e. The number of rotatable bonds is 7. The van der Waals surface area contributed by atoms with Crippen LogP contribution < -0.4 is 15.4 Å². The van der Waals surface area contributed by atoms with Crippen LogP contribution in [0.4, 0.5) is 11.4 Å². The summed E-state index contributed by atoms with van der Waals surface area (Å²) in [6, 6.07) is 4.94. The summed E-state index contributed by atoms with van der Waals surface area (Å²) in [6.45, 7) is 3.14. The predicted octanol–water partition coefficient (Wildman–Crippen LogP) is 0.947. The molecule has 0 aromatic heterocycles. The van der Waals surface area contributed by atoms with E-state index in [1.807, 2.05) is 0 Å². The SMILES string of the molecule is COc1ccc(NC(=O)C(C)C)c(NC2=CC(=O)N(CCO)C2=O)c1. The third kappa shape index (κ3) is 4.16. The van der Waals surface area contributed by atoms with Gasteiger partial charge < -0.3 is 20.5 Å². The molecule has 1 aromatic rings. The van der Waals surface area contributed by atoms with Gasteiger partial charge in [-0.1, -0.05) is 13.8 Å². The van der Waals surface area contributed by atoms with Crippen LogP contribution in [0.2, 0.25) is 0 Å². The molecule has 25 heavy (non-hydrogen) atoms. The fourth-order valence-electron chi connectivity index (χ4n) is 2.19. The largest absolute Gasteiger partial charge is 0.497 e.